The molecule has 0 atom stereocenters. The molecule has 124 valence electrons. The van der Waals surface area contributed by atoms with Gasteiger partial charge in [-0.15, -0.1) is 0 Å². The van der Waals surface area contributed by atoms with Gasteiger partial charge >= 0.3 is 0 Å². The van der Waals surface area contributed by atoms with Gasteiger partial charge in [0, 0.05) is 5.69 Å². The Kier molecular flexibility index (Phi) is 4.38. The van der Waals surface area contributed by atoms with Gasteiger partial charge in [0.25, 0.3) is 0 Å². The van der Waals surface area contributed by atoms with E-state index in [9.17, 15) is 10.1 Å². The van der Waals surface area contributed by atoms with Gasteiger partial charge in [0.2, 0.25) is 5.91 Å². The van der Waals surface area contributed by atoms with Crippen molar-refractivity contribution in [2.45, 2.75) is 24.3 Å². The molecular formula is C18H14N4OS2. The lowest BCUT2D eigenvalue weighted by Gasteiger charge is -2.06. The van der Waals surface area contributed by atoms with Crippen molar-refractivity contribution in [1.82, 2.24) is 9.97 Å². The number of para-hydroxylation sites is 1. The van der Waals surface area contributed by atoms with Crippen LogP contribution < -0.4 is 5.32 Å². The Labute approximate surface area is 153 Å². The second-order valence-corrected chi connectivity index (χ2v) is 7.73. The molecule has 0 radical (unpaired) electrons. The highest BCUT2D eigenvalue weighted by atomic mass is 32.2. The van der Waals surface area contributed by atoms with Gasteiger partial charge in [0.1, 0.15) is 11.1 Å². The van der Waals surface area contributed by atoms with Crippen LogP contribution in [0.15, 0.2) is 35.4 Å². The number of anilines is 1. The fourth-order valence-electron chi connectivity index (χ4n) is 2.86. The van der Waals surface area contributed by atoms with E-state index in [4.69, 9.17) is 0 Å². The number of aromatic nitrogens is 2. The van der Waals surface area contributed by atoms with E-state index in [0.717, 1.165) is 35.2 Å². The Balaban J connectivity index is 1.44. The third-order valence-electron chi connectivity index (χ3n) is 4.02. The highest BCUT2D eigenvalue weighted by Crippen LogP contribution is 2.29. The molecule has 0 fully saturated rings. The number of hydrogen-bond acceptors (Lipinski definition) is 6. The second kappa shape index (κ2) is 6.82. The van der Waals surface area contributed by atoms with Gasteiger partial charge in [-0.3, -0.25) is 4.79 Å². The summed E-state index contributed by atoms with van der Waals surface area (Å²) in [5.74, 6) is 0.0615. The second-order valence-electron chi connectivity index (χ2n) is 5.74. The highest BCUT2D eigenvalue weighted by molar-refractivity contribution is 8.00. The molecule has 2 aromatic heterocycles. The minimum absolute atomic E-state index is 0.143. The molecule has 0 saturated heterocycles. The molecule has 1 N–H and O–H groups in total. The van der Waals surface area contributed by atoms with E-state index in [2.05, 4.69) is 21.4 Å². The summed E-state index contributed by atoms with van der Waals surface area (Å²) in [6.45, 7) is 0. The van der Waals surface area contributed by atoms with Crippen molar-refractivity contribution in [3.8, 4) is 6.07 Å². The summed E-state index contributed by atoms with van der Waals surface area (Å²) in [5.41, 5.74) is 3.66. The molecule has 0 unspecified atom stereocenters. The molecule has 4 rings (SSSR count). The maximum atomic E-state index is 12.2. The number of thioether (sulfide) groups is 1. The van der Waals surface area contributed by atoms with E-state index in [1.165, 1.54) is 28.7 Å². The lowest BCUT2D eigenvalue weighted by atomic mass is 10.2. The van der Waals surface area contributed by atoms with Crippen LogP contribution in [0.25, 0.3) is 10.2 Å². The van der Waals surface area contributed by atoms with Crippen molar-refractivity contribution < 1.29 is 4.79 Å². The zero-order valence-electron chi connectivity index (χ0n) is 13.3. The molecule has 25 heavy (non-hydrogen) atoms. The molecule has 5 nitrogen and oxygen atoms in total. The van der Waals surface area contributed by atoms with Crippen LogP contribution in [0.5, 0.6) is 0 Å². The summed E-state index contributed by atoms with van der Waals surface area (Å²) < 4.78 is 1.04. The summed E-state index contributed by atoms with van der Waals surface area (Å²) in [4.78, 5) is 21.2. The fraction of sp³-hybridized carbons (Fsp3) is 0.222. The van der Waals surface area contributed by atoms with Crippen LogP contribution in [0.3, 0.4) is 0 Å². The summed E-state index contributed by atoms with van der Waals surface area (Å²) in [7, 11) is 0. The molecule has 0 aliphatic heterocycles. The number of fused-ring (bicyclic) bond motifs is 2. The zero-order chi connectivity index (χ0) is 17.2. The van der Waals surface area contributed by atoms with Crippen molar-refractivity contribution in [3.05, 3.63) is 47.2 Å². The molecular weight excluding hydrogens is 352 g/mol. The first kappa shape index (κ1) is 16.1. The van der Waals surface area contributed by atoms with Crippen molar-refractivity contribution in [1.29, 1.82) is 5.26 Å². The Hall–Kier alpha value is -2.43. The minimum atomic E-state index is -0.143. The van der Waals surface area contributed by atoms with Crippen LogP contribution >= 0.6 is 23.1 Å². The molecule has 1 aliphatic carbocycles. The minimum Gasteiger partial charge on any atom is -0.301 e. The maximum absolute atomic E-state index is 12.2. The average molecular weight is 366 g/mol. The zero-order valence-corrected chi connectivity index (χ0v) is 14.9. The quantitative estimate of drug-likeness (QED) is 0.711. The number of hydrogen-bond donors (Lipinski definition) is 1. The van der Waals surface area contributed by atoms with E-state index in [1.807, 2.05) is 30.3 Å². The molecule has 1 aliphatic rings. The summed E-state index contributed by atoms with van der Waals surface area (Å²) in [6, 6.07) is 11.9. The van der Waals surface area contributed by atoms with E-state index in [0.29, 0.717) is 15.7 Å². The fourth-order valence-corrected chi connectivity index (χ4v) is 4.51. The Bertz CT molecular complexity index is 973. The van der Waals surface area contributed by atoms with Crippen molar-refractivity contribution in [2.75, 3.05) is 11.1 Å². The van der Waals surface area contributed by atoms with Crippen LogP contribution in [0.4, 0.5) is 5.13 Å². The van der Waals surface area contributed by atoms with E-state index < -0.39 is 0 Å². The topological polar surface area (TPSA) is 78.7 Å². The van der Waals surface area contributed by atoms with E-state index in [1.54, 1.807) is 0 Å². The Morgan fingerprint density at radius 3 is 3.04 bits per heavy atom. The predicted molar refractivity (Wildman–Crippen MR) is 100.0 cm³/mol. The largest absolute Gasteiger partial charge is 0.301 e. The van der Waals surface area contributed by atoms with Crippen LogP contribution in [0, 0.1) is 11.3 Å². The van der Waals surface area contributed by atoms with Gasteiger partial charge in [-0.25, -0.2) is 9.97 Å². The predicted octanol–water partition coefficient (Wildman–Crippen LogP) is 3.78. The number of thiazole rings is 1. The number of amides is 1. The third-order valence-corrected chi connectivity index (χ3v) is 5.96. The summed E-state index contributed by atoms with van der Waals surface area (Å²) >= 11 is 2.75. The first-order chi connectivity index (χ1) is 12.2. The number of nitrogens with zero attached hydrogens (tertiary/aromatic N) is 3. The molecule has 0 bridgehead atoms. The van der Waals surface area contributed by atoms with Crippen LogP contribution in [-0.2, 0) is 17.6 Å². The third kappa shape index (κ3) is 3.36. The SMILES string of the molecule is N#Cc1cc2c(nc1SCC(=O)Nc1nc3ccccc3s1)CCC2. The molecule has 3 aromatic rings. The summed E-state index contributed by atoms with van der Waals surface area (Å²) in [5, 5.41) is 13.4. The highest BCUT2D eigenvalue weighted by Gasteiger charge is 2.17. The van der Waals surface area contributed by atoms with E-state index in [-0.39, 0.29) is 11.7 Å². The van der Waals surface area contributed by atoms with Gasteiger partial charge in [-0.1, -0.05) is 35.2 Å². The van der Waals surface area contributed by atoms with Crippen molar-refractivity contribution >= 4 is 44.4 Å². The summed E-state index contributed by atoms with van der Waals surface area (Å²) in [6.07, 6.45) is 3.02. The molecule has 1 aromatic carbocycles. The smallest absolute Gasteiger partial charge is 0.236 e. The molecule has 0 spiro atoms. The first-order valence-electron chi connectivity index (χ1n) is 7.94. The molecule has 0 saturated carbocycles. The van der Waals surface area contributed by atoms with Crippen LogP contribution in [-0.4, -0.2) is 21.6 Å². The van der Waals surface area contributed by atoms with Gasteiger partial charge in [-0.05, 0) is 43.0 Å². The first-order valence-corrected chi connectivity index (χ1v) is 9.74. The number of rotatable bonds is 4. The average Bonchev–Trinajstić information content (AvgIpc) is 3.24. The van der Waals surface area contributed by atoms with Gasteiger partial charge < -0.3 is 5.32 Å². The van der Waals surface area contributed by atoms with Gasteiger partial charge in [-0.2, -0.15) is 5.26 Å². The number of pyridine rings is 1. The lowest BCUT2D eigenvalue weighted by Crippen LogP contribution is -2.14. The number of aryl methyl sites for hydroxylation is 2. The van der Waals surface area contributed by atoms with Crippen LogP contribution in [0.1, 0.15) is 23.2 Å². The number of nitrogens with one attached hydrogen (secondary N) is 1. The standard InChI is InChI=1S/C18H14N4OS2/c19-9-12-8-11-4-3-6-13(11)20-17(12)24-10-16(23)22-18-21-14-5-1-2-7-15(14)25-18/h1-2,5,7-8H,3-4,6,10H2,(H,21,22,23). The monoisotopic (exact) mass is 366 g/mol. The lowest BCUT2D eigenvalue weighted by molar-refractivity contribution is -0.113. The molecule has 1 amide bonds. The Morgan fingerprint density at radius 1 is 1.32 bits per heavy atom. The molecule has 7 heteroatoms. The Morgan fingerprint density at radius 2 is 2.20 bits per heavy atom. The number of nitriles is 1. The van der Waals surface area contributed by atoms with Crippen LogP contribution in [0.2, 0.25) is 0 Å². The number of carbonyl (C=O) groups is 1. The van der Waals surface area contributed by atoms with Crippen molar-refractivity contribution in [3.63, 3.8) is 0 Å². The number of benzene rings is 1. The number of carbonyl (C=O) groups excluding carboxylic acids is 1. The molecule has 2 heterocycles. The normalized spacial score (nSPS) is 12.8. The van der Waals surface area contributed by atoms with E-state index >= 15 is 0 Å². The van der Waals surface area contributed by atoms with Crippen molar-refractivity contribution in [2.24, 2.45) is 0 Å². The van der Waals surface area contributed by atoms with Gasteiger partial charge in [0.15, 0.2) is 5.13 Å². The van der Waals surface area contributed by atoms with Gasteiger partial charge in [0.05, 0.1) is 21.5 Å². The maximum Gasteiger partial charge on any atom is 0.236 e.